The number of amides is 1. The van der Waals surface area contributed by atoms with Crippen LogP contribution < -0.4 is 15.4 Å². The van der Waals surface area contributed by atoms with Gasteiger partial charge in [0.05, 0.1) is 7.11 Å². The monoisotopic (exact) mass is 313 g/mol. The molecule has 0 atom stereocenters. The fourth-order valence-corrected chi connectivity index (χ4v) is 2.70. The van der Waals surface area contributed by atoms with Crippen molar-refractivity contribution in [2.75, 3.05) is 13.7 Å². The standard InChI is InChI=1S/C18H23N3O2/c1-23-17-8-4-5-14(11-17)9-10-20-13-15(12-19)18(22)21-16-6-2-3-7-16/h4-5,8,11,13,16,20H,2-3,6-7,9-10H2,1H3,(H,21,22)/b15-13-. The van der Waals surface area contributed by atoms with E-state index in [2.05, 4.69) is 10.6 Å². The third-order valence-electron chi connectivity index (χ3n) is 3.99. The van der Waals surface area contributed by atoms with Crippen molar-refractivity contribution in [1.82, 2.24) is 10.6 Å². The number of nitrogens with zero attached hydrogens (tertiary/aromatic N) is 1. The van der Waals surface area contributed by atoms with Gasteiger partial charge in [0.25, 0.3) is 5.91 Å². The number of rotatable bonds is 7. The zero-order chi connectivity index (χ0) is 16.5. The average molecular weight is 313 g/mol. The lowest BCUT2D eigenvalue weighted by molar-refractivity contribution is -0.117. The number of carbonyl (C=O) groups is 1. The quantitative estimate of drug-likeness (QED) is 0.460. The Hall–Kier alpha value is -2.48. The molecule has 0 unspecified atom stereocenters. The normalized spacial score (nSPS) is 15.0. The van der Waals surface area contributed by atoms with Crippen molar-refractivity contribution in [3.8, 4) is 11.8 Å². The smallest absolute Gasteiger partial charge is 0.263 e. The van der Waals surface area contributed by atoms with Gasteiger partial charge in [0.15, 0.2) is 0 Å². The summed E-state index contributed by atoms with van der Waals surface area (Å²) in [6.07, 6.45) is 6.60. The van der Waals surface area contributed by atoms with E-state index in [1.807, 2.05) is 30.3 Å². The van der Waals surface area contributed by atoms with Crippen molar-refractivity contribution in [1.29, 1.82) is 5.26 Å². The van der Waals surface area contributed by atoms with E-state index in [4.69, 9.17) is 10.00 Å². The fraction of sp³-hybridized carbons (Fsp3) is 0.444. The molecule has 0 radical (unpaired) electrons. The molecular weight excluding hydrogens is 290 g/mol. The summed E-state index contributed by atoms with van der Waals surface area (Å²) in [6, 6.07) is 10.0. The van der Waals surface area contributed by atoms with Crippen molar-refractivity contribution < 1.29 is 9.53 Å². The predicted octanol–water partition coefficient (Wildman–Crippen LogP) is 2.29. The van der Waals surface area contributed by atoms with Crippen LogP contribution >= 0.6 is 0 Å². The highest BCUT2D eigenvalue weighted by molar-refractivity contribution is 5.97. The van der Waals surface area contributed by atoms with E-state index in [1.165, 1.54) is 6.20 Å². The molecule has 1 amide bonds. The Labute approximate surface area is 137 Å². The highest BCUT2D eigenvalue weighted by atomic mass is 16.5. The van der Waals surface area contributed by atoms with Gasteiger partial charge in [-0.15, -0.1) is 0 Å². The van der Waals surface area contributed by atoms with Gasteiger partial charge in [-0.05, 0) is 37.0 Å². The maximum atomic E-state index is 12.0. The van der Waals surface area contributed by atoms with Crippen molar-refractivity contribution in [3.05, 3.63) is 41.6 Å². The Morgan fingerprint density at radius 1 is 1.43 bits per heavy atom. The molecule has 1 aromatic rings. The molecule has 23 heavy (non-hydrogen) atoms. The minimum atomic E-state index is -0.284. The summed E-state index contributed by atoms with van der Waals surface area (Å²) >= 11 is 0. The van der Waals surface area contributed by atoms with Gasteiger partial charge in [-0.3, -0.25) is 4.79 Å². The molecule has 122 valence electrons. The third kappa shape index (κ3) is 5.33. The minimum absolute atomic E-state index is 0.127. The zero-order valence-electron chi connectivity index (χ0n) is 13.5. The molecule has 1 aliphatic rings. The lowest BCUT2D eigenvalue weighted by Gasteiger charge is -2.11. The molecule has 0 saturated heterocycles. The van der Waals surface area contributed by atoms with E-state index in [-0.39, 0.29) is 17.5 Å². The second-order valence-corrected chi connectivity index (χ2v) is 5.68. The predicted molar refractivity (Wildman–Crippen MR) is 88.8 cm³/mol. The highest BCUT2D eigenvalue weighted by Gasteiger charge is 2.19. The fourth-order valence-electron chi connectivity index (χ4n) is 2.70. The van der Waals surface area contributed by atoms with Gasteiger partial charge in [0, 0.05) is 18.8 Å². The molecule has 5 heteroatoms. The number of nitrogens with one attached hydrogen (secondary N) is 2. The maximum absolute atomic E-state index is 12.0. The van der Waals surface area contributed by atoms with Gasteiger partial charge in [0.2, 0.25) is 0 Å². The van der Waals surface area contributed by atoms with Gasteiger partial charge in [-0.2, -0.15) is 5.26 Å². The van der Waals surface area contributed by atoms with E-state index >= 15 is 0 Å². The second-order valence-electron chi connectivity index (χ2n) is 5.68. The van der Waals surface area contributed by atoms with Crippen LogP contribution in [0.2, 0.25) is 0 Å². The third-order valence-corrected chi connectivity index (χ3v) is 3.99. The second kappa shape index (κ2) is 8.84. The molecule has 2 N–H and O–H groups in total. The van der Waals surface area contributed by atoms with Crippen LogP contribution in [-0.2, 0) is 11.2 Å². The molecule has 0 aromatic heterocycles. The van der Waals surface area contributed by atoms with Crippen LogP contribution in [0.4, 0.5) is 0 Å². The average Bonchev–Trinajstić information content (AvgIpc) is 3.08. The van der Waals surface area contributed by atoms with Crippen LogP contribution in [0.1, 0.15) is 31.2 Å². The number of methoxy groups -OCH3 is 1. The summed E-state index contributed by atoms with van der Waals surface area (Å²) in [7, 11) is 1.64. The van der Waals surface area contributed by atoms with Crippen LogP contribution in [0.25, 0.3) is 0 Å². The first-order chi connectivity index (χ1) is 11.2. The molecule has 0 aliphatic heterocycles. The van der Waals surface area contributed by atoms with Gasteiger partial charge in [-0.25, -0.2) is 0 Å². The molecular formula is C18H23N3O2. The summed E-state index contributed by atoms with van der Waals surface area (Å²) in [5.41, 5.74) is 1.27. The van der Waals surface area contributed by atoms with Crippen LogP contribution in [0.5, 0.6) is 5.75 Å². The van der Waals surface area contributed by atoms with Gasteiger partial charge < -0.3 is 15.4 Å². The van der Waals surface area contributed by atoms with Crippen LogP contribution in [0, 0.1) is 11.3 Å². The van der Waals surface area contributed by atoms with E-state index in [1.54, 1.807) is 7.11 Å². The SMILES string of the molecule is COc1cccc(CCN/C=C(/C#N)C(=O)NC2CCCC2)c1. The zero-order valence-corrected chi connectivity index (χ0v) is 13.5. The molecule has 0 heterocycles. The number of nitriles is 1. The number of ether oxygens (including phenoxy) is 1. The molecule has 0 bridgehead atoms. The maximum Gasteiger partial charge on any atom is 0.263 e. The van der Waals surface area contributed by atoms with Crippen molar-refractivity contribution in [2.24, 2.45) is 0 Å². The van der Waals surface area contributed by atoms with E-state index in [0.29, 0.717) is 6.54 Å². The molecule has 0 spiro atoms. The molecule has 1 aromatic carbocycles. The Bertz CT molecular complexity index is 599. The Balaban J connectivity index is 1.80. The Morgan fingerprint density at radius 3 is 2.91 bits per heavy atom. The molecule has 1 aliphatic carbocycles. The van der Waals surface area contributed by atoms with Gasteiger partial charge in [0.1, 0.15) is 17.4 Å². The van der Waals surface area contributed by atoms with E-state index < -0.39 is 0 Å². The number of hydrogen-bond donors (Lipinski definition) is 2. The van der Waals surface area contributed by atoms with E-state index in [9.17, 15) is 4.79 Å². The summed E-state index contributed by atoms with van der Waals surface area (Å²) in [5, 5.41) is 15.1. The first-order valence-electron chi connectivity index (χ1n) is 8.00. The lowest BCUT2D eigenvalue weighted by Crippen LogP contribution is -2.34. The van der Waals surface area contributed by atoms with Crippen LogP contribution in [0.3, 0.4) is 0 Å². The number of hydrogen-bond acceptors (Lipinski definition) is 4. The van der Waals surface area contributed by atoms with Crippen LogP contribution in [0.15, 0.2) is 36.0 Å². The molecule has 1 fully saturated rings. The first kappa shape index (κ1) is 16.9. The van der Waals surface area contributed by atoms with Crippen molar-refractivity contribution >= 4 is 5.91 Å². The van der Waals surface area contributed by atoms with Crippen LogP contribution in [-0.4, -0.2) is 25.6 Å². The summed E-state index contributed by atoms with van der Waals surface area (Å²) in [4.78, 5) is 12.0. The summed E-state index contributed by atoms with van der Waals surface area (Å²) < 4.78 is 5.18. The number of carbonyl (C=O) groups excluding carboxylic acids is 1. The summed E-state index contributed by atoms with van der Waals surface area (Å²) in [6.45, 7) is 0.648. The van der Waals surface area contributed by atoms with Gasteiger partial charge >= 0.3 is 0 Å². The Morgan fingerprint density at radius 2 is 2.22 bits per heavy atom. The van der Waals surface area contributed by atoms with Crippen molar-refractivity contribution in [2.45, 2.75) is 38.1 Å². The van der Waals surface area contributed by atoms with Gasteiger partial charge in [-0.1, -0.05) is 25.0 Å². The van der Waals surface area contributed by atoms with E-state index in [0.717, 1.165) is 43.4 Å². The lowest BCUT2D eigenvalue weighted by atomic mass is 10.1. The molecule has 5 nitrogen and oxygen atoms in total. The molecule has 1 saturated carbocycles. The highest BCUT2D eigenvalue weighted by Crippen LogP contribution is 2.17. The summed E-state index contributed by atoms with van der Waals surface area (Å²) in [5.74, 6) is 0.542. The Kier molecular flexibility index (Phi) is 6.49. The first-order valence-corrected chi connectivity index (χ1v) is 8.00. The molecule has 2 rings (SSSR count). The number of benzene rings is 1. The topological polar surface area (TPSA) is 74.1 Å². The largest absolute Gasteiger partial charge is 0.497 e. The van der Waals surface area contributed by atoms with Crippen molar-refractivity contribution in [3.63, 3.8) is 0 Å². The minimum Gasteiger partial charge on any atom is -0.497 e.